The molecule has 1 aromatic carbocycles. The van der Waals surface area contributed by atoms with Crippen LogP contribution >= 0.6 is 0 Å². The van der Waals surface area contributed by atoms with Gasteiger partial charge >= 0.3 is 6.09 Å². The lowest BCUT2D eigenvalue weighted by Crippen LogP contribution is -2.57. The summed E-state index contributed by atoms with van der Waals surface area (Å²) in [5.74, 6) is -0.502. The van der Waals surface area contributed by atoms with Crippen LogP contribution in [0.15, 0.2) is 24.3 Å². The third-order valence-electron chi connectivity index (χ3n) is 6.51. The van der Waals surface area contributed by atoms with Gasteiger partial charge in [-0.25, -0.2) is 4.79 Å². The van der Waals surface area contributed by atoms with Crippen molar-refractivity contribution < 1.29 is 19.1 Å². The molecule has 0 radical (unpaired) electrons. The van der Waals surface area contributed by atoms with Crippen LogP contribution in [0.2, 0.25) is 0 Å². The Labute approximate surface area is 205 Å². The number of hydrogen-bond donors (Lipinski definition) is 2. The predicted octanol–water partition coefficient (Wildman–Crippen LogP) is 5.03. The fourth-order valence-electron chi connectivity index (χ4n) is 4.37. The highest BCUT2D eigenvalue weighted by atomic mass is 16.6. The first kappa shape index (κ1) is 27.7. The van der Waals surface area contributed by atoms with Gasteiger partial charge in [-0.3, -0.25) is 9.59 Å². The van der Waals surface area contributed by atoms with Crippen molar-refractivity contribution in [3.8, 4) is 0 Å². The molecule has 190 valence electrons. The van der Waals surface area contributed by atoms with Crippen molar-refractivity contribution in [1.29, 1.82) is 0 Å². The van der Waals surface area contributed by atoms with Crippen molar-refractivity contribution in [3.05, 3.63) is 35.4 Å². The number of aryl methyl sites for hydroxylation is 1. The van der Waals surface area contributed by atoms with Crippen LogP contribution in [-0.4, -0.2) is 46.5 Å². The maximum absolute atomic E-state index is 13.8. The minimum Gasteiger partial charge on any atom is -0.444 e. The van der Waals surface area contributed by atoms with E-state index in [1.807, 2.05) is 52.0 Å². The molecule has 2 N–H and O–H groups in total. The van der Waals surface area contributed by atoms with Crippen molar-refractivity contribution in [2.24, 2.45) is 0 Å². The topological polar surface area (TPSA) is 87.7 Å². The molecule has 0 saturated heterocycles. The highest BCUT2D eigenvalue weighted by Crippen LogP contribution is 2.33. The average Bonchev–Trinajstić information content (AvgIpc) is 2.75. The zero-order chi connectivity index (χ0) is 25.5. The molecule has 1 aliphatic rings. The number of hydrogen-bond acceptors (Lipinski definition) is 4. The summed E-state index contributed by atoms with van der Waals surface area (Å²) in [6.07, 6.45) is 5.29. The minimum atomic E-state index is -0.800. The van der Waals surface area contributed by atoms with E-state index in [1.54, 1.807) is 25.7 Å². The van der Waals surface area contributed by atoms with Crippen LogP contribution < -0.4 is 10.6 Å². The average molecular weight is 474 g/mol. The van der Waals surface area contributed by atoms with Gasteiger partial charge in [0, 0.05) is 11.6 Å². The van der Waals surface area contributed by atoms with Crippen molar-refractivity contribution in [2.75, 3.05) is 6.54 Å². The fourth-order valence-corrected chi connectivity index (χ4v) is 4.37. The maximum Gasteiger partial charge on any atom is 0.408 e. The summed E-state index contributed by atoms with van der Waals surface area (Å²) in [5.41, 5.74) is 0.446. The van der Waals surface area contributed by atoms with Crippen LogP contribution in [0.3, 0.4) is 0 Å². The minimum absolute atomic E-state index is 0.120. The standard InChI is InChI=1S/C27H43N3O4/c1-8-27(6,7)30(22(31)18-28-25(33)34-26(3,4)5)23(21-17-13-12-14-19(21)2)24(32)29-20-15-10-9-11-16-20/h12-14,17,20,23H,8-11,15-16,18H2,1-7H3,(H,28,33)(H,29,32). The Bertz CT molecular complexity index is 854. The lowest BCUT2D eigenvalue weighted by atomic mass is 9.90. The molecular formula is C27H43N3O4. The summed E-state index contributed by atoms with van der Waals surface area (Å²) in [4.78, 5) is 41.3. The number of rotatable bonds is 8. The van der Waals surface area contributed by atoms with Crippen molar-refractivity contribution in [2.45, 2.75) is 110 Å². The summed E-state index contributed by atoms with van der Waals surface area (Å²) < 4.78 is 5.29. The first-order valence-electron chi connectivity index (χ1n) is 12.5. The van der Waals surface area contributed by atoms with E-state index < -0.39 is 23.3 Å². The van der Waals surface area contributed by atoms with Crippen LogP contribution in [0.5, 0.6) is 0 Å². The molecule has 1 saturated carbocycles. The van der Waals surface area contributed by atoms with E-state index in [0.29, 0.717) is 6.42 Å². The molecule has 34 heavy (non-hydrogen) atoms. The number of amides is 3. The normalized spacial score (nSPS) is 15.9. The molecule has 0 spiro atoms. The van der Waals surface area contributed by atoms with Gasteiger partial charge in [0.25, 0.3) is 0 Å². The van der Waals surface area contributed by atoms with Crippen molar-refractivity contribution in [3.63, 3.8) is 0 Å². The van der Waals surface area contributed by atoms with Crippen LogP contribution in [-0.2, 0) is 14.3 Å². The number of nitrogens with one attached hydrogen (secondary N) is 2. The molecule has 1 unspecified atom stereocenters. The Balaban J connectivity index is 2.39. The summed E-state index contributed by atoms with van der Waals surface area (Å²) in [6, 6.07) is 7.00. The number of carbonyl (C=O) groups excluding carboxylic acids is 3. The largest absolute Gasteiger partial charge is 0.444 e. The van der Waals surface area contributed by atoms with Crippen molar-refractivity contribution >= 4 is 17.9 Å². The number of nitrogens with zero attached hydrogens (tertiary/aromatic N) is 1. The zero-order valence-electron chi connectivity index (χ0n) is 22.0. The summed E-state index contributed by atoms with van der Waals surface area (Å²) >= 11 is 0. The quantitative estimate of drug-likeness (QED) is 0.554. The maximum atomic E-state index is 13.8. The Morgan fingerprint density at radius 2 is 1.68 bits per heavy atom. The molecule has 2 rings (SSSR count). The molecule has 0 heterocycles. The van der Waals surface area contributed by atoms with Gasteiger partial charge in [0.05, 0.1) is 0 Å². The molecule has 0 aromatic heterocycles. The molecule has 1 aliphatic carbocycles. The SMILES string of the molecule is CCC(C)(C)N(C(=O)CNC(=O)OC(C)(C)C)C(C(=O)NC1CCCCC1)c1ccccc1C. The van der Waals surface area contributed by atoms with Gasteiger partial charge in [0.15, 0.2) is 0 Å². The second kappa shape index (κ2) is 11.7. The lowest BCUT2D eigenvalue weighted by molar-refractivity contribution is -0.147. The van der Waals surface area contributed by atoms with E-state index in [2.05, 4.69) is 10.6 Å². The third kappa shape index (κ3) is 7.74. The summed E-state index contributed by atoms with van der Waals surface area (Å²) in [6.45, 7) is 12.9. The molecular weight excluding hydrogens is 430 g/mol. The van der Waals surface area contributed by atoms with Gasteiger partial charge in [0.1, 0.15) is 18.2 Å². The molecule has 0 bridgehead atoms. The van der Waals surface area contributed by atoms with Gasteiger partial charge < -0.3 is 20.3 Å². The van der Waals surface area contributed by atoms with Gasteiger partial charge in [-0.05, 0) is 71.9 Å². The molecule has 7 nitrogen and oxygen atoms in total. The first-order chi connectivity index (χ1) is 15.9. The molecule has 0 aliphatic heterocycles. The van der Waals surface area contributed by atoms with E-state index in [9.17, 15) is 14.4 Å². The molecule has 7 heteroatoms. The van der Waals surface area contributed by atoms with Crippen LogP contribution in [0, 0.1) is 6.92 Å². The second-order valence-electron chi connectivity index (χ2n) is 10.9. The smallest absolute Gasteiger partial charge is 0.408 e. The summed E-state index contributed by atoms with van der Waals surface area (Å²) in [7, 11) is 0. The third-order valence-corrected chi connectivity index (χ3v) is 6.51. The summed E-state index contributed by atoms with van der Waals surface area (Å²) in [5, 5.41) is 5.80. The van der Waals surface area contributed by atoms with Crippen LogP contribution in [0.1, 0.15) is 97.2 Å². The van der Waals surface area contributed by atoms with E-state index in [-0.39, 0.29) is 24.4 Å². The fraction of sp³-hybridized carbons (Fsp3) is 0.667. The van der Waals surface area contributed by atoms with Gasteiger partial charge in [-0.15, -0.1) is 0 Å². The molecule has 3 amide bonds. The van der Waals surface area contributed by atoms with E-state index in [1.165, 1.54) is 6.42 Å². The van der Waals surface area contributed by atoms with Crippen molar-refractivity contribution in [1.82, 2.24) is 15.5 Å². The highest BCUT2D eigenvalue weighted by molar-refractivity contribution is 5.91. The highest BCUT2D eigenvalue weighted by Gasteiger charge is 2.41. The predicted molar refractivity (Wildman–Crippen MR) is 134 cm³/mol. The molecule has 1 fully saturated rings. The Morgan fingerprint density at radius 1 is 1.06 bits per heavy atom. The Hall–Kier alpha value is -2.57. The molecule has 1 aromatic rings. The first-order valence-corrected chi connectivity index (χ1v) is 12.5. The Kier molecular flexibility index (Phi) is 9.54. The second-order valence-corrected chi connectivity index (χ2v) is 10.9. The number of benzene rings is 1. The molecule has 1 atom stereocenters. The number of ether oxygens (including phenoxy) is 1. The van der Waals surface area contributed by atoms with Gasteiger partial charge in [-0.1, -0.05) is 50.5 Å². The van der Waals surface area contributed by atoms with Gasteiger partial charge in [-0.2, -0.15) is 0 Å². The number of alkyl carbamates (subject to hydrolysis) is 1. The lowest BCUT2D eigenvalue weighted by Gasteiger charge is -2.44. The number of carbonyl (C=O) groups is 3. The Morgan fingerprint density at radius 3 is 2.24 bits per heavy atom. The monoisotopic (exact) mass is 473 g/mol. The van der Waals surface area contributed by atoms with E-state index >= 15 is 0 Å². The van der Waals surface area contributed by atoms with E-state index in [0.717, 1.165) is 36.8 Å². The van der Waals surface area contributed by atoms with Gasteiger partial charge in [0.2, 0.25) is 11.8 Å². The van der Waals surface area contributed by atoms with Crippen LogP contribution in [0.4, 0.5) is 4.79 Å². The van der Waals surface area contributed by atoms with E-state index in [4.69, 9.17) is 4.74 Å². The zero-order valence-corrected chi connectivity index (χ0v) is 22.0. The van der Waals surface area contributed by atoms with Crippen LogP contribution in [0.25, 0.3) is 0 Å².